The first-order valence-corrected chi connectivity index (χ1v) is 12.0. The molecule has 2 amide bonds. The fourth-order valence-corrected chi connectivity index (χ4v) is 4.27. The van der Waals surface area contributed by atoms with Crippen molar-refractivity contribution in [3.05, 3.63) is 53.6 Å². The number of fused-ring (bicyclic) bond motifs is 1. The summed E-state index contributed by atoms with van der Waals surface area (Å²) in [5.41, 5.74) is 2.34. The van der Waals surface area contributed by atoms with Crippen LogP contribution >= 0.6 is 0 Å². The predicted octanol–water partition coefficient (Wildman–Crippen LogP) is 3.96. The number of aromatic nitrogens is 2. The summed E-state index contributed by atoms with van der Waals surface area (Å²) in [6.45, 7) is 14.4. The summed E-state index contributed by atoms with van der Waals surface area (Å²) in [5, 5.41) is 0. The number of benzene rings is 1. The van der Waals surface area contributed by atoms with Crippen molar-refractivity contribution in [2.24, 2.45) is 5.92 Å². The molecule has 33 heavy (non-hydrogen) atoms. The fraction of sp³-hybridized carbons (Fsp3) is 0.538. The highest BCUT2D eigenvalue weighted by molar-refractivity contribution is 5.94. The van der Waals surface area contributed by atoms with Crippen molar-refractivity contribution < 1.29 is 9.59 Å². The molecule has 0 fully saturated rings. The second-order valence-electron chi connectivity index (χ2n) is 9.56. The Morgan fingerprint density at radius 3 is 2.30 bits per heavy atom. The van der Waals surface area contributed by atoms with Crippen molar-refractivity contribution >= 4 is 17.5 Å². The third-order valence-corrected chi connectivity index (χ3v) is 5.91. The number of hydrogen-bond acceptors (Lipinski definition) is 5. The fourth-order valence-electron chi connectivity index (χ4n) is 4.27. The number of rotatable bonds is 4. The maximum Gasteiger partial charge on any atom is 0.257 e. The van der Waals surface area contributed by atoms with Crippen LogP contribution in [0.5, 0.6) is 0 Å². The van der Waals surface area contributed by atoms with Crippen LogP contribution in [0.15, 0.2) is 36.7 Å². The van der Waals surface area contributed by atoms with Gasteiger partial charge in [-0.3, -0.25) is 9.59 Å². The number of hydrogen-bond donors (Lipinski definition) is 0. The normalized spacial score (nSPS) is 16.0. The summed E-state index contributed by atoms with van der Waals surface area (Å²) in [6, 6.07) is 7.90. The molecule has 1 aliphatic rings. The standard InChI is InChI=1S/C26H37N5O2/c1-19(2)17-29-11-8-12-31(21(5)32)24-10-7-6-9-22(24)18-30(14-13-29)26(33)23-15-27-25(20(3)4)28-16-23/h6-7,9-10,15-16,19-20H,8,11-14,17-18H2,1-5H3. The SMILES string of the molecule is CC(=O)N1CCCN(CC(C)C)CCN(C(=O)c2cnc(C(C)C)nc2)Cc2ccccc21. The van der Waals surface area contributed by atoms with E-state index in [0.717, 1.165) is 43.1 Å². The number of amides is 2. The first-order chi connectivity index (χ1) is 15.8. The smallest absolute Gasteiger partial charge is 0.257 e. The summed E-state index contributed by atoms with van der Waals surface area (Å²) in [6.07, 6.45) is 4.16. The first kappa shape index (κ1) is 24.8. The van der Waals surface area contributed by atoms with Crippen LogP contribution < -0.4 is 4.90 Å². The van der Waals surface area contributed by atoms with Gasteiger partial charge in [0.15, 0.2) is 0 Å². The van der Waals surface area contributed by atoms with Crippen molar-refractivity contribution in [2.75, 3.05) is 37.6 Å². The lowest BCUT2D eigenvalue weighted by Crippen LogP contribution is -2.40. The largest absolute Gasteiger partial charge is 0.333 e. The van der Waals surface area contributed by atoms with Crippen LogP contribution in [0.3, 0.4) is 0 Å². The highest BCUT2D eigenvalue weighted by Gasteiger charge is 2.23. The van der Waals surface area contributed by atoms with Gasteiger partial charge in [0, 0.05) is 63.6 Å². The molecule has 0 N–H and O–H groups in total. The third kappa shape index (κ3) is 6.60. The summed E-state index contributed by atoms with van der Waals surface area (Å²) in [4.78, 5) is 40.9. The van der Waals surface area contributed by atoms with Gasteiger partial charge in [-0.05, 0) is 30.5 Å². The van der Waals surface area contributed by atoms with Crippen LogP contribution in [0, 0.1) is 5.92 Å². The maximum atomic E-state index is 13.5. The Labute approximate surface area is 197 Å². The Kier molecular flexibility index (Phi) is 8.55. The van der Waals surface area contributed by atoms with Crippen molar-refractivity contribution in [3.63, 3.8) is 0 Å². The predicted molar refractivity (Wildman–Crippen MR) is 131 cm³/mol. The molecule has 1 aromatic heterocycles. The van der Waals surface area contributed by atoms with E-state index in [9.17, 15) is 9.59 Å². The topological polar surface area (TPSA) is 69.6 Å². The molecule has 0 radical (unpaired) electrons. The van der Waals surface area contributed by atoms with Gasteiger partial charge in [0.1, 0.15) is 5.82 Å². The lowest BCUT2D eigenvalue weighted by Gasteiger charge is -2.28. The van der Waals surface area contributed by atoms with E-state index in [4.69, 9.17) is 0 Å². The van der Waals surface area contributed by atoms with Crippen molar-refractivity contribution in [2.45, 2.75) is 53.5 Å². The molecule has 0 saturated heterocycles. The van der Waals surface area contributed by atoms with E-state index in [2.05, 4.69) is 28.7 Å². The van der Waals surface area contributed by atoms with E-state index in [1.165, 1.54) is 0 Å². The van der Waals surface area contributed by atoms with E-state index >= 15 is 0 Å². The molecule has 1 aromatic carbocycles. The first-order valence-electron chi connectivity index (χ1n) is 12.0. The zero-order valence-electron chi connectivity index (χ0n) is 20.6. The van der Waals surface area contributed by atoms with Crippen molar-refractivity contribution in [1.82, 2.24) is 19.8 Å². The molecule has 7 heteroatoms. The Balaban J connectivity index is 1.95. The molecule has 0 atom stereocenters. The number of anilines is 1. The van der Waals surface area contributed by atoms with Gasteiger partial charge in [0.25, 0.3) is 5.91 Å². The van der Waals surface area contributed by atoms with Crippen molar-refractivity contribution in [1.29, 1.82) is 0 Å². The number of carbonyl (C=O) groups is 2. The highest BCUT2D eigenvalue weighted by atomic mass is 16.2. The molecule has 178 valence electrons. The van der Waals surface area contributed by atoms with Gasteiger partial charge < -0.3 is 14.7 Å². The van der Waals surface area contributed by atoms with E-state index in [1.807, 2.05) is 47.9 Å². The molecule has 7 nitrogen and oxygen atoms in total. The van der Waals surface area contributed by atoms with Crippen LogP contribution in [-0.4, -0.2) is 64.3 Å². The molecule has 3 rings (SSSR count). The molecule has 0 aliphatic carbocycles. The Morgan fingerprint density at radius 2 is 1.67 bits per heavy atom. The van der Waals surface area contributed by atoms with E-state index in [1.54, 1.807) is 19.3 Å². The van der Waals surface area contributed by atoms with Crippen LogP contribution in [0.2, 0.25) is 0 Å². The molecule has 0 unspecified atom stereocenters. The van der Waals surface area contributed by atoms with Gasteiger partial charge in [0.05, 0.1) is 5.56 Å². The highest BCUT2D eigenvalue weighted by Crippen LogP contribution is 2.24. The number of para-hydroxylation sites is 1. The van der Waals surface area contributed by atoms with Gasteiger partial charge in [-0.1, -0.05) is 45.9 Å². The molecule has 0 spiro atoms. The minimum atomic E-state index is -0.0850. The van der Waals surface area contributed by atoms with Gasteiger partial charge in [-0.25, -0.2) is 9.97 Å². The summed E-state index contributed by atoms with van der Waals surface area (Å²) in [7, 11) is 0. The average molecular weight is 452 g/mol. The molecule has 0 saturated carbocycles. The third-order valence-electron chi connectivity index (χ3n) is 5.91. The van der Waals surface area contributed by atoms with E-state index in [-0.39, 0.29) is 17.7 Å². The number of carbonyl (C=O) groups excluding carboxylic acids is 2. The van der Waals surface area contributed by atoms with Gasteiger partial charge in [-0.2, -0.15) is 0 Å². The minimum absolute atomic E-state index is 0.0210. The van der Waals surface area contributed by atoms with E-state index < -0.39 is 0 Å². The number of nitrogens with zero attached hydrogens (tertiary/aromatic N) is 5. The summed E-state index contributed by atoms with van der Waals surface area (Å²) >= 11 is 0. The van der Waals surface area contributed by atoms with Crippen LogP contribution in [-0.2, 0) is 11.3 Å². The van der Waals surface area contributed by atoms with Crippen LogP contribution in [0.25, 0.3) is 0 Å². The van der Waals surface area contributed by atoms with Crippen LogP contribution in [0.1, 0.15) is 68.7 Å². The quantitative estimate of drug-likeness (QED) is 0.704. The second kappa shape index (κ2) is 11.4. The van der Waals surface area contributed by atoms with Gasteiger partial charge in [0.2, 0.25) is 5.91 Å². The Hall–Kier alpha value is -2.80. The molecule has 2 heterocycles. The summed E-state index contributed by atoms with van der Waals surface area (Å²) in [5.74, 6) is 1.40. The van der Waals surface area contributed by atoms with Gasteiger partial charge >= 0.3 is 0 Å². The van der Waals surface area contributed by atoms with Crippen molar-refractivity contribution in [3.8, 4) is 0 Å². The zero-order chi connectivity index (χ0) is 24.0. The zero-order valence-corrected chi connectivity index (χ0v) is 20.6. The maximum absolute atomic E-state index is 13.5. The second-order valence-corrected chi connectivity index (χ2v) is 9.56. The molecular weight excluding hydrogens is 414 g/mol. The molecule has 0 bridgehead atoms. The monoisotopic (exact) mass is 451 g/mol. The average Bonchev–Trinajstić information content (AvgIpc) is 2.81. The lowest BCUT2D eigenvalue weighted by molar-refractivity contribution is -0.116. The molecule has 1 aliphatic heterocycles. The van der Waals surface area contributed by atoms with Crippen LogP contribution in [0.4, 0.5) is 5.69 Å². The Morgan fingerprint density at radius 1 is 0.970 bits per heavy atom. The van der Waals surface area contributed by atoms with Gasteiger partial charge in [-0.15, -0.1) is 0 Å². The molecule has 2 aromatic rings. The summed E-state index contributed by atoms with van der Waals surface area (Å²) < 4.78 is 0. The lowest BCUT2D eigenvalue weighted by atomic mass is 10.1. The molecular formula is C26H37N5O2. The van der Waals surface area contributed by atoms with E-state index in [0.29, 0.717) is 31.1 Å². The minimum Gasteiger partial charge on any atom is -0.333 e. The Bertz CT molecular complexity index is 942.